The second-order valence-corrected chi connectivity index (χ2v) is 8.21. The predicted molar refractivity (Wildman–Crippen MR) is 93.2 cm³/mol. The van der Waals surface area contributed by atoms with Gasteiger partial charge in [-0.05, 0) is 12.1 Å². The Balaban J connectivity index is 1.57. The molecule has 0 spiro atoms. The molecule has 0 amide bonds. The number of aryl methyl sites for hydroxylation is 1. The standard InChI is InChI=1S/C17H21N3O6S/c1-2-16-18-19-17(26-16)15-11-20(6-9-25-15)27(21,22)12-4-5-13-14(10-12)24-8-3-7-23-13/h4-5,10,15H,2-3,6-9,11H2,1H3/t15-/m0/s1. The van der Waals surface area contributed by atoms with Gasteiger partial charge in [-0.2, -0.15) is 4.31 Å². The smallest absolute Gasteiger partial charge is 0.246 e. The van der Waals surface area contributed by atoms with E-state index in [1.807, 2.05) is 6.92 Å². The minimum absolute atomic E-state index is 0.113. The van der Waals surface area contributed by atoms with Crippen LogP contribution in [0.2, 0.25) is 0 Å². The fourth-order valence-electron chi connectivity index (χ4n) is 2.99. The SMILES string of the molecule is CCc1nnc([C@@H]2CN(S(=O)(=O)c3ccc4c(c3)OCCCO4)CCO2)o1. The number of rotatable bonds is 4. The lowest BCUT2D eigenvalue weighted by atomic mass is 10.3. The average Bonchev–Trinajstić information content (AvgIpc) is 3.06. The van der Waals surface area contributed by atoms with Crippen LogP contribution >= 0.6 is 0 Å². The van der Waals surface area contributed by atoms with E-state index in [9.17, 15) is 8.42 Å². The molecule has 10 heteroatoms. The molecular formula is C17H21N3O6S. The molecule has 0 radical (unpaired) electrons. The number of morpholine rings is 1. The number of hydrogen-bond donors (Lipinski definition) is 0. The third-order valence-corrected chi connectivity index (χ3v) is 6.31. The van der Waals surface area contributed by atoms with Gasteiger partial charge in [0.05, 0.1) is 24.7 Å². The van der Waals surface area contributed by atoms with Crippen molar-refractivity contribution in [2.24, 2.45) is 0 Å². The van der Waals surface area contributed by atoms with E-state index < -0.39 is 16.1 Å². The van der Waals surface area contributed by atoms with Crippen LogP contribution < -0.4 is 9.47 Å². The Bertz CT molecular complexity index is 913. The zero-order chi connectivity index (χ0) is 18.9. The number of benzene rings is 1. The summed E-state index contributed by atoms with van der Waals surface area (Å²) in [6.45, 7) is 3.56. The van der Waals surface area contributed by atoms with Crippen LogP contribution in [0.25, 0.3) is 0 Å². The number of nitrogens with zero attached hydrogens (tertiary/aromatic N) is 3. The molecule has 1 aromatic carbocycles. The Morgan fingerprint density at radius 2 is 1.96 bits per heavy atom. The van der Waals surface area contributed by atoms with Crippen molar-refractivity contribution in [1.29, 1.82) is 0 Å². The molecule has 1 aromatic heterocycles. The predicted octanol–water partition coefficient (Wildman–Crippen LogP) is 1.56. The third-order valence-electron chi connectivity index (χ3n) is 4.45. The number of sulfonamides is 1. The van der Waals surface area contributed by atoms with Gasteiger partial charge in [-0.25, -0.2) is 8.42 Å². The first-order chi connectivity index (χ1) is 13.1. The summed E-state index contributed by atoms with van der Waals surface area (Å²) in [6.07, 6.45) is 0.784. The van der Waals surface area contributed by atoms with Crippen molar-refractivity contribution in [1.82, 2.24) is 14.5 Å². The van der Waals surface area contributed by atoms with Crippen molar-refractivity contribution < 1.29 is 27.0 Å². The molecular weight excluding hydrogens is 374 g/mol. The molecule has 1 saturated heterocycles. The second-order valence-electron chi connectivity index (χ2n) is 6.27. The average molecular weight is 395 g/mol. The minimum atomic E-state index is -3.72. The van der Waals surface area contributed by atoms with Gasteiger partial charge in [0.2, 0.25) is 21.8 Å². The van der Waals surface area contributed by atoms with E-state index >= 15 is 0 Å². The van der Waals surface area contributed by atoms with Crippen LogP contribution in [-0.2, 0) is 21.2 Å². The van der Waals surface area contributed by atoms with Gasteiger partial charge in [0.25, 0.3) is 0 Å². The van der Waals surface area contributed by atoms with E-state index in [4.69, 9.17) is 18.6 Å². The van der Waals surface area contributed by atoms with Crippen molar-refractivity contribution in [3.05, 3.63) is 30.0 Å². The highest BCUT2D eigenvalue weighted by atomic mass is 32.2. The van der Waals surface area contributed by atoms with Gasteiger partial charge in [0.15, 0.2) is 11.5 Å². The molecule has 0 N–H and O–H groups in total. The van der Waals surface area contributed by atoms with Crippen LogP contribution in [0.15, 0.2) is 27.5 Å². The van der Waals surface area contributed by atoms with Gasteiger partial charge in [0.1, 0.15) is 6.10 Å². The lowest BCUT2D eigenvalue weighted by molar-refractivity contribution is -0.0178. The minimum Gasteiger partial charge on any atom is -0.490 e. The van der Waals surface area contributed by atoms with E-state index in [1.165, 1.54) is 16.4 Å². The Morgan fingerprint density at radius 1 is 1.15 bits per heavy atom. The van der Waals surface area contributed by atoms with Gasteiger partial charge in [-0.3, -0.25) is 0 Å². The van der Waals surface area contributed by atoms with E-state index in [0.717, 1.165) is 6.42 Å². The van der Waals surface area contributed by atoms with E-state index in [1.54, 1.807) is 6.07 Å². The summed E-state index contributed by atoms with van der Waals surface area (Å²) in [5, 5.41) is 7.89. The summed E-state index contributed by atoms with van der Waals surface area (Å²) in [5.41, 5.74) is 0. The maximum absolute atomic E-state index is 13.1. The van der Waals surface area contributed by atoms with Gasteiger partial charge < -0.3 is 18.6 Å². The monoisotopic (exact) mass is 395 g/mol. The molecule has 0 bridgehead atoms. The Morgan fingerprint density at radius 3 is 2.74 bits per heavy atom. The van der Waals surface area contributed by atoms with E-state index in [0.29, 0.717) is 42.9 Å². The van der Waals surface area contributed by atoms with Crippen molar-refractivity contribution >= 4 is 10.0 Å². The zero-order valence-electron chi connectivity index (χ0n) is 15.0. The highest BCUT2D eigenvalue weighted by molar-refractivity contribution is 7.89. The number of fused-ring (bicyclic) bond motifs is 1. The van der Waals surface area contributed by atoms with Gasteiger partial charge >= 0.3 is 0 Å². The summed E-state index contributed by atoms with van der Waals surface area (Å²) in [7, 11) is -3.72. The van der Waals surface area contributed by atoms with Crippen LogP contribution in [0, 0.1) is 0 Å². The molecule has 0 aliphatic carbocycles. The fraction of sp³-hybridized carbons (Fsp3) is 0.529. The Hall–Kier alpha value is -2.17. The van der Waals surface area contributed by atoms with Crippen LogP contribution in [0.3, 0.4) is 0 Å². The first-order valence-electron chi connectivity index (χ1n) is 8.91. The van der Waals surface area contributed by atoms with Gasteiger partial charge in [0, 0.05) is 32.0 Å². The highest BCUT2D eigenvalue weighted by Crippen LogP contribution is 2.34. The molecule has 2 aromatic rings. The molecule has 146 valence electrons. The van der Waals surface area contributed by atoms with Crippen LogP contribution in [-0.4, -0.2) is 55.8 Å². The summed E-state index contributed by atoms with van der Waals surface area (Å²) in [6, 6.07) is 4.69. The zero-order valence-corrected chi connectivity index (χ0v) is 15.8. The lowest BCUT2D eigenvalue weighted by Gasteiger charge is -2.30. The fourth-order valence-corrected chi connectivity index (χ4v) is 4.43. The molecule has 2 aliphatic heterocycles. The van der Waals surface area contributed by atoms with Crippen molar-refractivity contribution in [2.45, 2.75) is 30.8 Å². The molecule has 27 heavy (non-hydrogen) atoms. The lowest BCUT2D eigenvalue weighted by Crippen LogP contribution is -2.42. The number of ether oxygens (including phenoxy) is 3. The van der Waals surface area contributed by atoms with Crippen LogP contribution in [0.5, 0.6) is 11.5 Å². The van der Waals surface area contributed by atoms with E-state index in [-0.39, 0.29) is 24.6 Å². The van der Waals surface area contributed by atoms with Crippen LogP contribution in [0.1, 0.15) is 31.2 Å². The summed E-state index contributed by atoms with van der Waals surface area (Å²) < 4.78 is 49.9. The number of aromatic nitrogens is 2. The van der Waals surface area contributed by atoms with Crippen molar-refractivity contribution in [3.63, 3.8) is 0 Å². The van der Waals surface area contributed by atoms with Crippen molar-refractivity contribution in [3.8, 4) is 11.5 Å². The first kappa shape index (κ1) is 18.2. The quantitative estimate of drug-likeness (QED) is 0.768. The Kier molecular flexibility index (Phi) is 5.02. The molecule has 4 rings (SSSR count). The molecule has 9 nitrogen and oxygen atoms in total. The molecule has 0 unspecified atom stereocenters. The number of hydrogen-bond acceptors (Lipinski definition) is 8. The molecule has 3 heterocycles. The first-order valence-corrected chi connectivity index (χ1v) is 10.4. The van der Waals surface area contributed by atoms with Crippen molar-refractivity contribution in [2.75, 3.05) is 32.9 Å². The normalized spacial score (nSPS) is 21.0. The van der Waals surface area contributed by atoms with E-state index in [2.05, 4.69) is 10.2 Å². The maximum Gasteiger partial charge on any atom is 0.246 e. The summed E-state index contributed by atoms with van der Waals surface area (Å²) in [4.78, 5) is 0.159. The Labute approximate surface area is 157 Å². The molecule has 0 saturated carbocycles. The summed E-state index contributed by atoms with van der Waals surface area (Å²) >= 11 is 0. The topological polar surface area (TPSA) is 104 Å². The molecule has 2 aliphatic rings. The van der Waals surface area contributed by atoms with Gasteiger partial charge in [-0.15, -0.1) is 10.2 Å². The third kappa shape index (κ3) is 3.64. The second kappa shape index (κ2) is 7.45. The van der Waals surface area contributed by atoms with Gasteiger partial charge in [-0.1, -0.05) is 6.92 Å². The largest absolute Gasteiger partial charge is 0.490 e. The molecule has 1 atom stereocenters. The van der Waals surface area contributed by atoms with Crippen LogP contribution in [0.4, 0.5) is 0 Å². The summed E-state index contributed by atoms with van der Waals surface area (Å²) in [5.74, 6) is 1.80. The highest BCUT2D eigenvalue weighted by Gasteiger charge is 2.34. The molecule has 1 fully saturated rings. The maximum atomic E-state index is 13.1.